The summed E-state index contributed by atoms with van der Waals surface area (Å²) in [6.45, 7) is 2.74. The Balaban J connectivity index is 1.62. The SMILES string of the molecule is CCCCCCCCN1C(=O)c2cc(-c3ccc(Br)s3)sc2C1=O. The number of carbonyl (C=O) groups excluding carboxylic acids is 2. The van der Waals surface area contributed by atoms with Crippen molar-refractivity contribution in [1.29, 1.82) is 0 Å². The third-order valence-corrected chi connectivity index (χ3v) is 7.14. The normalized spacial score (nSPS) is 13.8. The molecule has 0 N–H and O–H groups in total. The molecule has 0 aromatic carbocycles. The Hall–Kier alpha value is -0.980. The predicted molar refractivity (Wildman–Crippen MR) is 104 cm³/mol. The van der Waals surface area contributed by atoms with Gasteiger partial charge in [0, 0.05) is 16.3 Å². The van der Waals surface area contributed by atoms with Crippen LogP contribution in [0.5, 0.6) is 0 Å². The third kappa shape index (κ3) is 3.65. The van der Waals surface area contributed by atoms with Crippen molar-refractivity contribution in [1.82, 2.24) is 4.90 Å². The van der Waals surface area contributed by atoms with E-state index in [1.54, 1.807) is 11.3 Å². The van der Waals surface area contributed by atoms with Crippen LogP contribution in [0.25, 0.3) is 9.75 Å². The molecule has 24 heavy (non-hydrogen) atoms. The summed E-state index contributed by atoms with van der Waals surface area (Å²) < 4.78 is 1.05. The van der Waals surface area contributed by atoms with Gasteiger partial charge in [0.1, 0.15) is 4.88 Å². The maximum absolute atomic E-state index is 12.5. The molecule has 2 amide bonds. The Morgan fingerprint density at radius 3 is 2.38 bits per heavy atom. The van der Waals surface area contributed by atoms with E-state index in [0.717, 1.165) is 26.4 Å². The number of hydrogen-bond acceptors (Lipinski definition) is 4. The fraction of sp³-hybridized carbons (Fsp3) is 0.444. The van der Waals surface area contributed by atoms with Crippen LogP contribution in [-0.4, -0.2) is 23.3 Å². The average Bonchev–Trinajstić information content (AvgIpc) is 3.23. The minimum atomic E-state index is -0.123. The number of fused-ring (bicyclic) bond motifs is 1. The van der Waals surface area contributed by atoms with Gasteiger partial charge < -0.3 is 0 Å². The van der Waals surface area contributed by atoms with Crippen LogP contribution in [0.15, 0.2) is 22.0 Å². The largest absolute Gasteiger partial charge is 0.274 e. The van der Waals surface area contributed by atoms with Gasteiger partial charge in [-0.05, 0) is 40.5 Å². The summed E-state index contributed by atoms with van der Waals surface area (Å²) >= 11 is 6.50. The Kier molecular flexibility index (Phi) is 5.89. The second-order valence-electron chi connectivity index (χ2n) is 5.99. The summed E-state index contributed by atoms with van der Waals surface area (Å²) in [5.74, 6) is -0.239. The lowest BCUT2D eigenvalue weighted by molar-refractivity contribution is 0.0652. The van der Waals surface area contributed by atoms with E-state index in [1.165, 1.54) is 41.9 Å². The molecule has 0 aliphatic carbocycles. The lowest BCUT2D eigenvalue weighted by Gasteiger charge is -2.13. The summed E-state index contributed by atoms with van der Waals surface area (Å²) in [5.41, 5.74) is 0.579. The van der Waals surface area contributed by atoms with Crippen LogP contribution < -0.4 is 0 Å². The van der Waals surface area contributed by atoms with Gasteiger partial charge in [0.2, 0.25) is 0 Å². The molecule has 128 valence electrons. The van der Waals surface area contributed by atoms with Gasteiger partial charge in [0.25, 0.3) is 11.8 Å². The van der Waals surface area contributed by atoms with Crippen LogP contribution in [0.3, 0.4) is 0 Å². The summed E-state index contributed by atoms with van der Waals surface area (Å²) in [7, 11) is 0. The number of thiophene rings is 2. The molecule has 3 nitrogen and oxygen atoms in total. The van der Waals surface area contributed by atoms with Crippen molar-refractivity contribution in [2.45, 2.75) is 45.4 Å². The fourth-order valence-corrected chi connectivity index (χ4v) is 5.46. The highest BCUT2D eigenvalue weighted by molar-refractivity contribution is 9.11. The van der Waals surface area contributed by atoms with Gasteiger partial charge >= 0.3 is 0 Å². The Labute approximate surface area is 158 Å². The molecule has 0 fully saturated rings. The number of rotatable bonds is 8. The van der Waals surface area contributed by atoms with Crippen molar-refractivity contribution >= 4 is 50.4 Å². The maximum atomic E-state index is 12.5. The quantitative estimate of drug-likeness (QED) is 0.373. The van der Waals surface area contributed by atoms with Crippen LogP contribution in [-0.2, 0) is 0 Å². The Morgan fingerprint density at radius 1 is 0.958 bits per heavy atom. The number of halogens is 1. The zero-order chi connectivity index (χ0) is 17.1. The van der Waals surface area contributed by atoms with E-state index in [2.05, 4.69) is 22.9 Å². The second-order valence-corrected chi connectivity index (χ2v) is 9.50. The van der Waals surface area contributed by atoms with Crippen LogP contribution >= 0.6 is 38.6 Å². The van der Waals surface area contributed by atoms with Crippen LogP contribution in [0.2, 0.25) is 0 Å². The molecule has 0 saturated carbocycles. The number of hydrogen-bond donors (Lipinski definition) is 0. The number of imide groups is 1. The predicted octanol–water partition coefficient (Wildman–Crippen LogP) is 6.20. The molecule has 0 bridgehead atoms. The first kappa shape index (κ1) is 17.8. The van der Waals surface area contributed by atoms with Crippen molar-refractivity contribution in [3.8, 4) is 9.75 Å². The van der Waals surface area contributed by atoms with E-state index in [9.17, 15) is 9.59 Å². The molecule has 0 atom stereocenters. The first-order chi connectivity index (χ1) is 11.6. The lowest BCUT2D eigenvalue weighted by Crippen LogP contribution is -2.30. The van der Waals surface area contributed by atoms with E-state index >= 15 is 0 Å². The molecular formula is C18H20BrNO2S2. The van der Waals surface area contributed by atoms with Gasteiger partial charge in [-0.2, -0.15) is 0 Å². The molecule has 1 aliphatic rings. The summed E-state index contributed by atoms with van der Waals surface area (Å²) in [4.78, 5) is 29.2. The highest BCUT2D eigenvalue weighted by atomic mass is 79.9. The highest BCUT2D eigenvalue weighted by Gasteiger charge is 2.37. The minimum absolute atomic E-state index is 0.115. The average molecular weight is 426 g/mol. The number of unbranched alkanes of at least 4 members (excludes halogenated alkanes) is 5. The van der Waals surface area contributed by atoms with Gasteiger partial charge in [-0.15, -0.1) is 22.7 Å². The minimum Gasteiger partial charge on any atom is -0.274 e. The standard InChI is InChI=1S/C18H20BrNO2S2/c1-2-3-4-5-6-7-10-20-17(21)12-11-14(24-16(12)18(20)22)13-8-9-15(19)23-13/h8-9,11H,2-7,10H2,1H3. The van der Waals surface area contributed by atoms with Gasteiger partial charge in [0.05, 0.1) is 9.35 Å². The molecule has 6 heteroatoms. The lowest BCUT2D eigenvalue weighted by atomic mass is 10.1. The van der Waals surface area contributed by atoms with Gasteiger partial charge in [-0.25, -0.2) is 0 Å². The molecule has 0 unspecified atom stereocenters. The summed E-state index contributed by atoms with van der Waals surface area (Å²) in [5, 5.41) is 0. The molecule has 2 aromatic heterocycles. The Bertz CT molecular complexity index is 717. The van der Waals surface area contributed by atoms with Gasteiger partial charge in [0.15, 0.2) is 0 Å². The van der Waals surface area contributed by atoms with Crippen molar-refractivity contribution in [3.63, 3.8) is 0 Å². The smallest absolute Gasteiger partial charge is 0.271 e. The molecule has 2 aromatic rings. The third-order valence-electron chi connectivity index (χ3n) is 4.20. The monoisotopic (exact) mass is 425 g/mol. The van der Waals surface area contributed by atoms with E-state index in [-0.39, 0.29) is 11.8 Å². The van der Waals surface area contributed by atoms with Crippen molar-refractivity contribution in [2.75, 3.05) is 6.54 Å². The first-order valence-electron chi connectivity index (χ1n) is 8.37. The zero-order valence-electron chi connectivity index (χ0n) is 13.6. The molecule has 0 radical (unpaired) electrons. The molecule has 0 spiro atoms. The topological polar surface area (TPSA) is 37.4 Å². The summed E-state index contributed by atoms with van der Waals surface area (Å²) in [6.07, 6.45) is 6.90. The van der Waals surface area contributed by atoms with E-state index < -0.39 is 0 Å². The fourth-order valence-electron chi connectivity index (χ4n) is 2.89. The van der Waals surface area contributed by atoms with Gasteiger partial charge in [-0.1, -0.05) is 39.0 Å². The van der Waals surface area contributed by atoms with Crippen molar-refractivity contribution in [3.05, 3.63) is 32.4 Å². The molecule has 3 heterocycles. The maximum Gasteiger partial charge on any atom is 0.271 e. The number of amides is 2. The van der Waals surface area contributed by atoms with Crippen LogP contribution in [0, 0.1) is 0 Å². The van der Waals surface area contributed by atoms with Crippen LogP contribution in [0.1, 0.15) is 65.5 Å². The zero-order valence-corrected chi connectivity index (χ0v) is 16.9. The first-order valence-corrected chi connectivity index (χ1v) is 10.8. The number of nitrogens with zero attached hydrogens (tertiary/aromatic N) is 1. The highest BCUT2D eigenvalue weighted by Crippen LogP contribution is 2.40. The molecule has 1 aliphatic heterocycles. The van der Waals surface area contributed by atoms with Crippen molar-refractivity contribution in [2.24, 2.45) is 0 Å². The number of carbonyl (C=O) groups is 2. The van der Waals surface area contributed by atoms with Crippen LogP contribution in [0.4, 0.5) is 0 Å². The van der Waals surface area contributed by atoms with Gasteiger partial charge in [-0.3, -0.25) is 14.5 Å². The molecule has 3 rings (SSSR count). The summed E-state index contributed by atoms with van der Waals surface area (Å²) in [6, 6.07) is 5.87. The molecule has 0 saturated heterocycles. The van der Waals surface area contributed by atoms with Crippen molar-refractivity contribution < 1.29 is 9.59 Å². The van der Waals surface area contributed by atoms with E-state index in [4.69, 9.17) is 0 Å². The molecular weight excluding hydrogens is 406 g/mol. The van der Waals surface area contributed by atoms with E-state index in [0.29, 0.717) is 17.0 Å². The van der Waals surface area contributed by atoms with E-state index in [1.807, 2.05) is 18.2 Å². The Morgan fingerprint density at radius 2 is 1.71 bits per heavy atom. The second kappa shape index (κ2) is 7.93.